The molecule has 1 heterocycles. The molecular formula is C18H13NO5. The third-order valence-corrected chi connectivity index (χ3v) is 3.51. The standard InChI is InChI=1S/C18H13NO5/c1-23-16-8-7-12(10-15(16)19(21)22)9-14-11-17(24-18(14)20)13-5-3-2-4-6-13/h2-11H,1H3/b14-9+. The molecule has 6 nitrogen and oxygen atoms in total. The molecule has 24 heavy (non-hydrogen) atoms. The molecule has 2 aromatic carbocycles. The molecule has 0 unspecified atom stereocenters. The molecule has 0 N–H and O–H groups in total. The predicted octanol–water partition coefficient (Wildman–Crippen LogP) is 3.58. The number of hydrogen-bond acceptors (Lipinski definition) is 5. The van der Waals surface area contributed by atoms with Crippen molar-refractivity contribution in [3.63, 3.8) is 0 Å². The van der Waals surface area contributed by atoms with Crippen molar-refractivity contribution in [2.45, 2.75) is 0 Å². The van der Waals surface area contributed by atoms with Crippen LogP contribution in [0.25, 0.3) is 11.8 Å². The highest BCUT2D eigenvalue weighted by Gasteiger charge is 2.22. The fourth-order valence-corrected chi connectivity index (χ4v) is 2.35. The Morgan fingerprint density at radius 1 is 1.17 bits per heavy atom. The topological polar surface area (TPSA) is 78.7 Å². The van der Waals surface area contributed by atoms with Crippen molar-refractivity contribution >= 4 is 23.5 Å². The van der Waals surface area contributed by atoms with E-state index in [1.54, 1.807) is 18.2 Å². The molecule has 0 radical (unpaired) electrons. The summed E-state index contributed by atoms with van der Waals surface area (Å²) in [5.74, 6) is 0.124. The van der Waals surface area contributed by atoms with E-state index in [0.29, 0.717) is 16.9 Å². The Balaban J connectivity index is 1.97. The number of nitrogens with zero attached hydrogens (tertiary/aromatic N) is 1. The third kappa shape index (κ3) is 3.03. The number of cyclic esters (lactones) is 1. The van der Waals surface area contributed by atoms with E-state index in [-0.39, 0.29) is 11.4 Å². The second-order valence-corrected chi connectivity index (χ2v) is 5.05. The maximum Gasteiger partial charge on any atom is 0.343 e. The molecule has 120 valence electrons. The molecule has 0 saturated heterocycles. The first-order chi connectivity index (χ1) is 11.6. The highest BCUT2D eigenvalue weighted by molar-refractivity contribution is 6.05. The Labute approximate surface area is 137 Å². The van der Waals surface area contributed by atoms with E-state index >= 15 is 0 Å². The normalized spacial score (nSPS) is 15.1. The highest BCUT2D eigenvalue weighted by atomic mass is 16.6. The van der Waals surface area contributed by atoms with Gasteiger partial charge >= 0.3 is 11.7 Å². The Hall–Kier alpha value is -3.41. The van der Waals surface area contributed by atoms with Crippen molar-refractivity contribution in [3.05, 3.63) is 81.4 Å². The van der Waals surface area contributed by atoms with Crippen LogP contribution in [-0.4, -0.2) is 18.0 Å². The second kappa shape index (κ2) is 6.37. The number of carbonyl (C=O) groups is 1. The number of nitro benzene ring substituents is 1. The Morgan fingerprint density at radius 3 is 2.58 bits per heavy atom. The molecule has 2 aromatic rings. The van der Waals surface area contributed by atoms with Crippen LogP contribution < -0.4 is 4.74 Å². The number of hydrogen-bond donors (Lipinski definition) is 0. The molecule has 0 fully saturated rings. The van der Waals surface area contributed by atoms with Gasteiger partial charge in [-0.05, 0) is 23.8 Å². The number of rotatable bonds is 4. The van der Waals surface area contributed by atoms with Crippen molar-refractivity contribution in [1.82, 2.24) is 0 Å². The zero-order chi connectivity index (χ0) is 17.1. The summed E-state index contributed by atoms with van der Waals surface area (Å²) in [6, 6.07) is 13.7. The molecule has 3 rings (SSSR count). The van der Waals surface area contributed by atoms with Crippen molar-refractivity contribution < 1.29 is 19.2 Å². The quantitative estimate of drug-likeness (QED) is 0.372. The lowest BCUT2D eigenvalue weighted by Crippen LogP contribution is -1.97. The number of methoxy groups -OCH3 is 1. The smallest absolute Gasteiger partial charge is 0.343 e. The van der Waals surface area contributed by atoms with E-state index < -0.39 is 10.9 Å². The summed E-state index contributed by atoms with van der Waals surface area (Å²) >= 11 is 0. The largest absolute Gasteiger partial charge is 0.490 e. The van der Waals surface area contributed by atoms with Gasteiger partial charge in [0.25, 0.3) is 0 Å². The van der Waals surface area contributed by atoms with Gasteiger partial charge in [-0.2, -0.15) is 0 Å². The molecule has 1 aliphatic rings. The van der Waals surface area contributed by atoms with Crippen LogP contribution >= 0.6 is 0 Å². The first-order valence-electron chi connectivity index (χ1n) is 7.12. The Bertz CT molecular complexity index is 868. The minimum atomic E-state index is -0.529. The first-order valence-corrected chi connectivity index (χ1v) is 7.12. The van der Waals surface area contributed by atoms with Crippen molar-refractivity contribution in [2.24, 2.45) is 0 Å². The second-order valence-electron chi connectivity index (χ2n) is 5.05. The molecule has 6 heteroatoms. The van der Waals surface area contributed by atoms with Gasteiger partial charge in [0.2, 0.25) is 0 Å². The van der Waals surface area contributed by atoms with Gasteiger partial charge in [0.1, 0.15) is 5.76 Å². The number of esters is 1. The number of carbonyl (C=O) groups excluding carboxylic acids is 1. The van der Waals surface area contributed by atoms with E-state index in [4.69, 9.17) is 9.47 Å². The Morgan fingerprint density at radius 2 is 1.92 bits per heavy atom. The lowest BCUT2D eigenvalue weighted by atomic mass is 10.1. The number of benzene rings is 2. The summed E-state index contributed by atoms with van der Waals surface area (Å²) in [6.45, 7) is 0. The fourth-order valence-electron chi connectivity index (χ4n) is 2.35. The number of nitro groups is 1. The molecule has 0 aliphatic carbocycles. The summed E-state index contributed by atoms with van der Waals surface area (Å²) in [6.07, 6.45) is 3.17. The lowest BCUT2D eigenvalue weighted by Gasteiger charge is -2.02. The van der Waals surface area contributed by atoms with Gasteiger partial charge in [0.15, 0.2) is 5.75 Å². The molecule has 0 atom stereocenters. The van der Waals surface area contributed by atoms with Gasteiger partial charge in [0.05, 0.1) is 17.6 Å². The van der Waals surface area contributed by atoms with Crippen LogP contribution in [0.3, 0.4) is 0 Å². The van der Waals surface area contributed by atoms with Gasteiger partial charge in [-0.25, -0.2) is 4.79 Å². The molecule has 1 aliphatic heterocycles. The average molecular weight is 323 g/mol. The third-order valence-electron chi connectivity index (χ3n) is 3.51. The van der Waals surface area contributed by atoms with Crippen LogP contribution in [0.2, 0.25) is 0 Å². The Kier molecular flexibility index (Phi) is 4.11. The van der Waals surface area contributed by atoms with Crippen LogP contribution in [0.4, 0.5) is 5.69 Å². The van der Waals surface area contributed by atoms with Crippen LogP contribution in [0, 0.1) is 10.1 Å². The maximum atomic E-state index is 12.0. The van der Waals surface area contributed by atoms with E-state index in [2.05, 4.69) is 0 Å². The molecule has 0 aromatic heterocycles. The summed E-state index contributed by atoms with van der Waals surface area (Å²) in [4.78, 5) is 22.5. The fraction of sp³-hybridized carbons (Fsp3) is 0.0556. The van der Waals surface area contributed by atoms with Crippen LogP contribution in [0.5, 0.6) is 5.75 Å². The molecule has 0 saturated carbocycles. The van der Waals surface area contributed by atoms with Gasteiger partial charge in [-0.3, -0.25) is 10.1 Å². The highest BCUT2D eigenvalue weighted by Crippen LogP contribution is 2.31. The summed E-state index contributed by atoms with van der Waals surface area (Å²) in [5, 5.41) is 11.1. The molecule has 0 spiro atoms. The van der Waals surface area contributed by atoms with Gasteiger partial charge < -0.3 is 9.47 Å². The van der Waals surface area contributed by atoms with E-state index in [0.717, 1.165) is 5.56 Å². The molecular weight excluding hydrogens is 310 g/mol. The lowest BCUT2D eigenvalue weighted by molar-refractivity contribution is -0.385. The van der Waals surface area contributed by atoms with Gasteiger partial charge in [-0.1, -0.05) is 36.4 Å². The molecule has 0 amide bonds. The zero-order valence-electron chi connectivity index (χ0n) is 12.8. The molecule has 0 bridgehead atoms. The summed E-state index contributed by atoms with van der Waals surface area (Å²) in [7, 11) is 1.36. The van der Waals surface area contributed by atoms with Crippen molar-refractivity contribution in [2.75, 3.05) is 7.11 Å². The van der Waals surface area contributed by atoms with Crippen LogP contribution in [-0.2, 0) is 9.53 Å². The average Bonchev–Trinajstić information content (AvgIpc) is 2.96. The van der Waals surface area contributed by atoms with E-state index in [1.165, 1.54) is 19.2 Å². The minimum absolute atomic E-state index is 0.162. The monoisotopic (exact) mass is 323 g/mol. The summed E-state index contributed by atoms with van der Waals surface area (Å²) in [5.41, 5.74) is 1.47. The predicted molar refractivity (Wildman–Crippen MR) is 88.1 cm³/mol. The maximum absolute atomic E-state index is 12.0. The van der Waals surface area contributed by atoms with Gasteiger partial charge in [-0.15, -0.1) is 0 Å². The first kappa shape index (κ1) is 15.5. The van der Waals surface area contributed by atoms with Crippen molar-refractivity contribution in [3.8, 4) is 5.75 Å². The van der Waals surface area contributed by atoms with Crippen LogP contribution in [0.15, 0.2) is 60.2 Å². The van der Waals surface area contributed by atoms with Crippen molar-refractivity contribution in [1.29, 1.82) is 0 Å². The minimum Gasteiger partial charge on any atom is -0.490 e. The van der Waals surface area contributed by atoms with E-state index in [1.807, 2.05) is 30.3 Å². The SMILES string of the molecule is COc1ccc(/C=C2\C=C(c3ccccc3)OC2=O)cc1[N+](=O)[O-]. The van der Waals surface area contributed by atoms with Gasteiger partial charge in [0, 0.05) is 11.6 Å². The zero-order valence-corrected chi connectivity index (χ0v) is 12.8. The number of ether oxygens (including phenoxy) is 2. The van der Waals surface area contributed by atoms with Crippen LogP contribution in [0.1, 0.15) is 11.1 Å². The van der Waals surface area contributed by atoms with E-state index in [9.17, 15) is 14.9 Å². The summed E-state index contributed by atoms with van der Waals surface area (Å²) < 4.78 is 10.2.